The van der Waals surface area contributed by atoms with E-state index in [0.29, 0.717) is 11.5 Å². The second-order valence-corrected chi connectivity index (χ2v) is 15.6. The lowest BCUT2D eigenvalue weighted by Gasteiger charge is -2.29. The smallest absolute Gasteiger partial charge is 0.227 e. The first-order chi connectivity index (χ1) is 25.8. The first-order valence-electron chi connectivity index (χ1n) is 18.4. The monoisotopic (exact) mass is 684 g/mol. The molecule has 2 aliphatic carbocycles. The molecule has 2 aromatic heterocycles. The quantitative estimate of drug-likeness (QED) is 0.185. The first-order valence-corrected chi connectivity index (χ1v) is 18.4. The highest BCUT2D eigenvalue weighted by Gasteiger charge is 2.38. The molecule has 11 rings (SSSR count). The van der Waals surface area contributed by atoms with Crippen molar-refractivity contribution in [2.45, 2.75) is 38.5 Å². The molecule has 4 nitrogen and oxygen atoms in total. The average Bonchev–Trinajstić information content (AvgIpc) is 3.90. The van der Waals surface area contributed by atoms with Crippen LogP contribution < -0.4 is 4.90 Å². The van der Waals surface area contributed by atoms with E-state index in [1.165, 1.54) is 44.5 Å². The van der Waals surface area contributed by atoms with Gasteiger partial charge in [0.1, 0.15) is 16.8 Å². The van der Waals surface area contributed by atoms with Crippen molar-refractivity contribution in [3.05, 3.63) is 168 Å². The highest BCUT2D eigenvalue weighted by Crippen LogP contribution is 2.55. The van der Waals surface area contributed by atoms with Gasteiger partial charge < -0.3 is 13.7 Å². The van der Waals surface area contributed by atoms with Crippen LogP contribution in [0.1, 0.15) is 49.9 Å². The molecule has 2 aliphatic rings. The fourth-order valence-electron chi connectivity index (χ4n) is 9.20. The minimum atomic E-state index is -0.176. The molecule has 0 saturated heterocycles. The number of para-hydroxylation sites is 1. The van der Waals surface area contributed by atoms with Crippen molar-refractivity contribution in [2.24, 2.45) is 0 Å². The summed E-state index contributed by atoms with van der Waals surface area (Å²) in [6.07, 6.45) is 0. The van der Waals surface area contributed by atoms with Crippen LogP contribution in [0.4, 0.5) is 17.1 Å². The van der Waals surface area contributed by atoms with Crippen molar-refractivity contribution < 1.29 is 8.83 Å². The zero-order valence-electron chi connectivity index (χ0n) is 30.1. The van der Waals surface area contributed by atoms with E-state index in [4.69, 9.17) is 13.8 Å². The van der Waals surface area contributed by atoms with Crippen LogP contribution in [0.15, 0.2) is 154 Å². The van der Waals surface area contributed by atoms with Gasteiger partial charge in [-0.1, -0.05) is 125 Å². The van der Waals surface area contributed by atoms with Gasteiger partial charge in [0.25, 0.3) is 0 Å². The van der Waals surface area contributed by atoms with Gasteiger partial charge in [0.05, 0.1) is 0 Å². The third kappa shape index (κ3) is 4.15. The van der Waals surface area contributed by atoms with Crippen LogP contribution in [-0.2, 0) is 10.8 Å². The van der Waals surface area contributed by atoms with Gasteiger partial charge in [0.2, 0.25) is 5.89 Å². The molecule has 0 saturated carbocycles. The van der Waals surface area contributed by atoms with Crippen molar-refractivity contribution in [3.63, 3.8) is 0 Å². The first kappa shape index (κ1) is 30.3. The predicted octanol–water partition coefficient (Wildman–Crippen LogP) is 13.5. The molecule has 0 fully saturated rings. The summed E-state index contributed by atoms with van der Waals surface area (Å²) < 4.78 is 13.5. The summed E-state index contributed by atoms with van der Waals surface area (Å²) >= 11 is 0. The Morgan fingerprint density at radius 3 is 1.66 bits per heavy atom. The van der Waals surface area contributed by atoms with E-state index in [1.807, 2.05) is 42.5 Å². The highest BCUT2D eigenvalue weighted by molar-refractivity contribution is 6.18. The van der Waals surface area contributed by atoms with Crippen molar-refractivity contribution in [3.8, 4) is 33.7 Å². The Bertz CT molecular complexity index is 2860. The minimum Gasteiger partial charge on any atom is -0.454 e. The zero-order valence-corrected chi connectivity index (χ0v) is 30.1. The zero-order chi connectivity index (χ0) is 35.6. The molecule has 0 unspecified atom stereocenters. The maximum Gasteiger partial charge on any atom is 0.227 e. The molecular weight excluding hydrogens is 649 g/mol. The Labute approximate surface area is 308 Å². The molecule has 0 spiro atoms. The van der Waals surface area contributed by atoms with Gasteiger partial charge >= 0.3 is 0 Å². The van der Waals surface area contributed by atoms with Crippen molar-refractivity contribution in [2.75, 3.05) is 4.90 Å². The normalized spacial score (nSPS) is 14.7. The molecule has 2 heterocycles. The van der Waals surface area contributed by atoms with E-state index < -0.39 is 0 Å². The molecule has 9 aromatic rings. The average molecular weight is 685 g/mol. The van der Waals surface area contributed by atoms with Crippen LogP contribution >= 0.6 is 0 Å². The fourth-order valence-corrected chi connectivity index (χ4v) is 9.20. The highest BCUT2D eigenvalue weighted by atomic mass is 16.4. The van der Waals surface area contributed by atoms with E-state index in [2.05, 4.69) is 136 Å². The maximum absolute atomic E-state index is 6.88. The largest absolute Gasteiger partial charge is 0.454 e. The molecule has 7 aromatic carbocycles. The number of aromatic nitrogens is 1. The van der Waals surface area contributed by atoms with E-state index in [1.54, 1.807) is 0 Å². The number of oxazole rings is 1. The van der Waals surface area contributed by atoms with Crippen molar-refractivity contribution >= 4 is 50.1 Å². The van der Waals surface area contributed by atoms with Crippen LogP contribution in [0.25, 0.3) is 66.7 Å². The number of benzene rings is 7. The van der Waals surface area contributed by atoms with Crippen LogP contribution in [0.3, 0.4) is 0 Å². The van der Waals surface area contributed by atoms with Gasteiger partial charge in [-0.2, -0.15) is 0 Å². The van der Waals surface area contributed by atoms with Crippen LogP contribution in [0, 0.1) is 0 Å². The Morgan fingerprint density at radius 2 is 1.02 bits per heavy atom. The molecule has 0 atom stereocenters. The SMILES string of the molecule is CC1(C)c2ccccc2-c2ccc(N(c3ccc4c(c3)C(C)(C)c3ccccc3-4)c3c4nc(-c5ccccc5)oc4cc4c3oc3ccccc34)cc21. The van der Waals surface area contributed by atoms with Gasteiger partial charge in [-0.3, -0.25) is 0 Å². The van der Waals surface area contributed by atoms with Crippen LogP contribution in [-0.4, -0.2) is 4.98 Å². The minimum absolute atomic E-state index is 0.176. The number of hydrogen-bond acceptors (Lipinski definition) is 4. The third-order valence-corrected chi connectivity index (χ3v) is 11.9. The molecule has 254 valence electrons. The topological polar surface area (TPSA) is 42.4 Å². The Hall–Kier alpha value is -6.39. The maximum atomic E-state index is 6.88. The number of anilines is 3. The Balaban J connectivity index is 1.24. The molecule has 53 heavy (non-hydrogen) atoms. The molecule has 0 N–H and O–H groups in total. The van der Waals surface area contributed by atoms with Gasteiger partial charge in [-0.15, -0.1) is 0 Å². The lowest BCUT2D eigenvalue weighted by molar-refractivity contribution is 0.620. The van der Waals surface area contributed by atoms with E-state index in [9.17, 15) is 0 Å². The summed E-state index contributed by atoms with van der Waals surface area (Å²) in [5.41, 5.74) is 17.0. The molecular formula is C49H36N2O2. The lowest BCUT2D eigenvalue weighted by Crippen LogP contribution is -2.18. The van der Waals surface area contributed by atoms with Crippen LogP contribution in [0.2, 0.25) is 0 Å². The number of nitrogens with zero attached hydrogens (tertiary/aromatic N) is 2. The predicted molar refractivity (Wildman–Crippen MR) is 217 cm³/mol. The van der Waals surface area contributed by atoms with Gasteiger partial charge in [0, 0.05) is 38.5 Å². The van der Waals surface area contributed by atoms with Gasteiger partial charge in [-0.25, -0.2) is 4.98 Å². The second-order valence-electron chi connectivity index (χ2n) is 15.6. The Kier molecular flexibility index (Phi) is 6.04. The fraction of sp³-hybridized carbons (Fsp3) is 0.122. The second kappa shape index (κ2) is 10.6. The van der Waals surface area contributed by atoms with Crippen LogP contribution in [0.5, 0.6) is 0 Å². The van der Waals surface area contributed by atoms with E-state index >= 15 is 0 Å². The Morgan fingerprint density at radius 1 is 0.472 bits per heavy atom. The standard InChI is InChI=1S/C49H36N2O2/c1-48(2)38-19-11-8-16-32(38)34-24-22-30(26-40(34)48)51(31-23-25-35-33-17-9-12-20-39(33)49(3,4)41(35)27-31)45-44-43(53-47(50-44)29-14-6-5-7-15-29)28-37-36-18-10-13-21-42(36)52-46(37)45/h5-28H,1-4H3. The van der Waals surface area contributed by atoms with Gasteiger partial charge in [0.15, 0.2) is 11.2 Å². The molecule has 4 heteroatoms. The summed E-state index contributed by atoms with van der Waals surface area (Å²) in [5, 5.41) is 2.03. The summed E-state index contributed by atoms with van der Waals surface area (Å²) in [6.45, 7) is 9.34. The third-order valence-electron chi connectivity index (χ3n) is 11.9. The number of fused-ring (bicyclic) bond motifs is 10. The summed E-state index contributed by atoms with van der Waals surface area (Å²) in [6, 6.07) is 52.0. The molecule has 0 radical (unpaired) electrons. The molecule has 0 amide bonds. The number of hydrogen-bond donors (Lipinski definition) is 0. The molecule has 0 aliphatic heterocycles. The number of rotatable bonds is 4. The summed E-state index contributed by atoms with van der Waals surface area (Å²) in [4.78, 5) is 7.64. The summed E-state index contributed by atoms with van der Waals surface area (Å²) in [5.74, 6) is 0.579. The molecule has 0 bridgehead atoms. The van der Waals surface area contributed by atoms with E-state index in [0.717, 1.165) is 50.1 Å². The van der Waals surface area contributed by atoms with E-state index in [-0.39, 0.29) is 10.8 Å². The summed E-state index contributed by atoms with van der Waals surface area (Å²) in [7, 11) is 0. The van der Waals surface area contributed by atoms with Crippen molar-refractivity contribution in [1.29, 1.82) is 0 Å². The van der Waals surface area contributed by atoms with Crippen molar-refractivity contribution in [1.82, 2.24) is 4.98 Å². The number of furan rings is 1. The van der Waals surface area contributed by atoms with Gasteiger partial charge in [-0.05, 0) is 93.0 Å². The lowest BCUT2D eigenvalue weighted by atomic mass is 9.82.